The molecule has 0 radical (unpaired) electrons. The zero-order valence-corrected chi connectivity index (χ0v) is 37.7. The Morgan fingerprint density at radius 1 is 0.803 bits per heavy atom. The molecular weight excluding hydrogens is 851 g/mol. The van der Waals surface area contributed by atoms with Crippen molar-refractivity contribution in [2.24, 2.45) is 0 Å². The number of aliphatic hydroxyl groups excluding tert-OH is 1. The van der Waals surface area contributed by atoms with Crippen molar-refractivity contribution in [1.82, 2.24) is 24.3 Å². The Kier molecular flexibility index (Phi) is 13.2. The zero-order valence-electron chi connectivity index (χ0n) is 37.0. The second kappa shape index (κ2) is 19.9. The van der Waals surface area contributed by atoms with Crippen LogP contribution in [0.15, 0.2) is 131 Å². The predicted octanol–water partition coefficient (Wildman–Crippen LogP) is 11.5. The highest BCUT2D eigenvalue weighted by atomic mass is 35.5. The van der Waals surface area contributed by atoms with Crippen LogP contribution in [0.1, 0.15) is 62.1 Å². The molecule has 4 heterocycles. The van der Waals surface area contributed by atoms with Gasteiger partial charge in [-0.25, -0.2) is 9.37 Å². The summed E-state index contributed by atoms with van der Waals surface area (Å²) in [4.78, 5) is 27.8. The van der Waals surface area contributed by atoms with E-state index in [1.54, 1.807) is 12.1 Å². The van der Waals surface area contributed by atoms with E-state index in [2.05, 4.69) is 55.1 Å². The highest BCUT2D eigenvalue weighted by Gasteiger charge is 2.25. The average molecular weight is 906 g/mol. The minimum absolute atomic E-state index is 0.0353. The lowest BCUT2D eigenvalue weighted by Crippen LogP contribution is -2.46. The molecule has 2 fully saturated rings. The molecule has 10 rings (SSSR count). The molecule has 8 aromatic rings. The van der Waals surface area contributed by atoms with E-state index < -0.39 is 5.82 Å². The standard InChI is InChI=1S/C54H54ClFN6O4/c55-41-28-42(56)30-43(29-41)58-54-57-32-47-48(34-62(53(47)59-54)44-17-19-45(63)20-18-44)39-12-8-36(9-13-39)33-61-25-23-60(24-26-61)22-4-1-5-27-65-35-37-10-14-40(15-11-37)51-31-49(64)52-46-7-3-2-6-38(46)16-21-50(52)66-51/h2-3,6-16,21,28-32,34,44-45,63H,1,4-5,17-20,22-27,33,35H2,(H,57,58,59). The van der Waals surface area contributed by atoms with Gasteiger partial charge in [-0.2, -0.15) is 4.98 Å². The minimum Gasteiger partial charge on any atom is -0.456 e. The molecule has 3 aromatic heterocycles. The Labute approximate surface area is 388 Å². The molecule has 1 aliphatic heterocycles. The summed E-state index contributed by atoms with van der Waals surface area (Å²) in [7, 11) is 0. The van der Waals surface area contributed by atoms with Gasteiger partial charge in [-0.05, 0) is 103 Å². The van der Waals surface area contributed by atoms with Gasteiger partial charge in [0.15, 0.2) is 5.43 Å². The van der Waals surface area contributed by atoms with Gasteiger partial charge >= 0.3 is 0 Å². The molecule has 1 saturated heterocycles. The number of aliphatic hydroxyl groups is 1. The monoisotopic (exact) mass is 904 g/mol. The first-order valence-electron chi connectivity index (χ1n) is 23.2. The van der Waals surface area contributed by atoms with Crippen LogP contribution in [0.3, 0.4) is 0 Å². The smallest absolute Gasteiger partial charge is 0.229 e. The van der Waals surface area contributed by atoms with E-state index in [1.807, 2.05) is 66.9 Å². The largest absolute Gasteiger partial charge is 0.456 e. The SMILES string of the molecule is O=c1cc(-c2ccc(COCCCCCN3CCN(Cc4ccc(-c5cn(C6CCC(O)CC6)c6nc(Nc7cc(F)cc(Cl)c7)ncc56)cc4)CC3)cc2)oc2ccc3ccccc3c12. The third kappa shape index (κ3) is 10.1. The summed E-state index contributed by atoms with van der Waals surface area (Å²) in [6.07, 6.45) is 10.4. The molecule has 2 N–H and O–H groups in total. The van der Waals surface area contributed by atoms with Gasteiger partial charge in [0.05, 0.1) is 18.1 Å². The fourth-order valence-corrected chi connectivity index (χ4v) is 9.87. The molecule has 0 atom stereocenters. The third-order valence-corrected chi connectivity index (χ3v) is 13.5. The maximum atomic E-state index is 14.1. The summed E-state index contributed by atoms with van der Waals surface area (Å²) in [5.74, 6) is 0.502. The summed E-state index contributed by atoms with van der Waals surface area (Å²) in [5.41, 5.74) is 7.28. The minimum atomic E-state index is -0.433. The van der Waals surface area contributed by atoms with Crippen LogP contribution in [0.5, 0.6) is 0 Å². The molecule has 5 aromatic carbocycles. The topological polar surface area (TPSA) is 109 Å². The van der Waals surface area contributed by atoms with Gasteiger partial charge in [0, 0.05) is 91.1 Å². The number of ether oxygens (including phenoxy) is 1. The summed E-state index contributed by atoms with van der Waals surface area (Å²) in [5, 5.41) is 17.2. The number of anilines is 2. The van der Waals surface area contributed by atoms with E-state index in [4.69, 9.17) is 25.7 Å². The number of nitrogens with zero attached hydrogens (tertiary/aromatic N) is 5. The number of fused-ring (bicyclic) bond motifs is 4. The van der Waals surface area contributed by atoms with Crippen LogP contribution < -0.4 is 10.7 Å². The molecule has 0 spiro atoms. The van der Waals surface area contributed by atoms with Crippen molar-refractivity contribution in [2.45, 2.75) is 70.2 Å². The van der Waals surface area contributed by atoms with Gasteiger partial charge in [-0.3, -0.25) is 9.69 Å². The maximum absolute atomic E-state index is 14.1. The lowest BCUT2D eigenvalue weighted by atomic mass is 9.93. The number of nitrogens with one attached hydrogen (secondary N) is 1. The van der Waals surface area contributed by atoms with Crippen molar-refractivity contribution < 1.29 is 18.7 Å². The van der Waals surface area contributed by atoms with E-state index in [1.165, 1.54) is 17.7 Å². The Morgan fingerprint density at radius 2 is 1.56 bits per heavy atom. The predicted molar refractivity (Wildman–Crippen MR) is 262 cm³/mol. The number of hydrogen-bond acceptors (Lipinski definition) is 9. The van der Waals surface area contributed by atoms with E-state index in [0.717, 1.165) is 135 Å². The molecule has 2 aliphatic rings. The normalized spacial score (nSPS) is 17.3. The van der Waals surface area contributed by atoms with Gasteiger partial charge in [0.2, 0.25) is 5.95 Å². The molecular formula is C54H54ClFN6O4. The molecule has 1 saturated carbocycles. The van der Waals surface area contributed by atoms with E-state index in [0.29, 0.717) is 40.0 Å². The van der Waals surface area contributed by atoms with E-state index in [-0.39, 0.29) is 17.6 Å². The lowest BCUT2D eigenvalue weighted by Gasteiger charge is -2.34. The molecule has 0 amide bonds. The molecule has 338 valence electrons. The quantitative estimate of drug-likeness (QED) is 0.0768. The molecule has 0 bridgehead atoms. The van der Waals surface area contributed by atoms with Crippen molar-refractivity contribution in [3.63, 3.8) is 0 Å². The fraction of sp³-hybridized carbons (Fsp3) is 0.315. The van der Waals surface area contributed by atoms with Gasteiger partial charge < -0.3 is 29.0 Å². The lowest BCUT2D eigenvalue weighted by molar-refractivity contribution is 0.110. The maximum Gasteiger partial charge on any atom is 0.229 e. The number of hydrogen-bond donors (Lipinski definition) is 2. The highest BCUT2D eigenvalue weighted by Crippen LogP contribution is 2.37. The van der Waals surface area contributed by atoms with Gasteiger partial charge in [-0.15, -0.1) is 0 Å². The zero-order chi connectivity index (χ0) is 45.0. The Morgan fingerprint density at radius 3 is 2.36 bits per heavy atom. The molecule has 10 nitrogen and oxygen atoms in total. The fourth-order valence-electron chi connectivity index (χ4n) is 9.65. The molecule has 1 aliphatic carbocycles. The Bertz CT molecular complexity index is 2990. The van der Waals surface area contributed by atoms with Crippen molar-refractivity contribution in [1.29, 1.82) is 0 Å². The summed E-state index contributed by atoms with van der Waals surface area (Å²) >= 11 is 6.11. The van der Waals surface area contributed by atoms with Crippen LogP contribution in [0.25, 0.3) is 55.2 Å². The summed E-state index contributed by atoms with van der Waals surface area (Å²) < 4.78 is 28.5. The number of rotatable bonds is 15. The number of aromatic nitrogens is 3. The Balaban J connectivity index is 0.666. The highest BCUT2D eigenvalue weighted by molar-refractivity contribution is 6.30. The summed E-state index contributed by atoms with van der Waals surface area (Å²) in [6, 6.07) is 34.8. The third-order valence-electron chi connectivity index (χ3n) is 13.3. The molecule has 0 unspecified atom stereocenters. The van der Waals surface area contributed by atoms with Crippen molar-refractivity contribution in [3.05, 3.63) is 154 Å². The van der Waals surface area contributed by atoms with E-state index in [9.17, 15) is 14.3 Å². The molecule has 66 heavy (non-hydrogen) atoms. The van der Waals surface area contributed by atoms with Crippen molar-refractivity contribution >= 4 is 56.0 Å². The first kappa shape index (κ1) is 43.9. The van der Waals surface area contributed by atoms with Crippen LogP contribution in [0.2, 0.25) is 5.02 Å². The van der Waals surface area contributed by atoms with Gasteiger partial charge in [-0.1, -0.05) is 90.5 Å². The number of unbranched alkanes of at least 4 members (excludes halogenated alkanes) is 2. The first-order valence-corrected chi connectivity index (χ1v) is 23.6. The number of halogens is 2. The van der Waals surface area contributed by atoms with Crippen LogP contribution in [-0.4, -0.2) is 74.9 Å². The number of benzene rings is 5. The van der Waals surface area contributed by atoms with Gasteiger partial charge in [0.1, 0.15) is 22.8 Å². The van der Waals surface area contributed by atoms with Crippen LogP contribution >= 0.6 is 11.6 Å². The van der Waals surface area contributed by atoms with E-state index >= 15 is 0 Å². The molecule has 12 heteroatoms. The van der Waals surface area contributed by atoms with Crippen LogP contribution in [0.4, 0.5) is 16.0 Å². The second-order valence-electron chi connectivity index (χ2n) is 17.9. The average Bonchev–Trinajstić information content (AvgIpc) is 3.70. The second-order valence-corrected chi connectivity index (χ2v) is 18.3. The van der Waals surface area contributed by atoms with Crippen molar-refractivity contribution in [3.8, 4) is 22.5 Å². The van der Waals surface area contributed by atoms with Crippen molar-refractivity contribution in [2.75, 3.05) is 44.6 Å². The first-order chi connectivity index (χ1) is 32.3. The van der Waals surface area contributed by atoms with Crippen LogP contribution in [0, 0.1) is 5.82 Å². The van der Waals surface area contributed by atoms with Gasteiger partial charge in [0.25, 0.3) is 0 Å². The summed E-state index contributed by atoms with van der Waals surface area (Å²) in [6.45, 7) is 7.56. The van der Waals surface area contributed by atoms with Crippen LogP contribution in [-0.2, 0) is 17.9 Å². The number of piperazine rings is 1. The Hall–Kier alpha value is -5.95.